The molecule has 1 fully saturated rings. The standard InChI is InChI=1S/C24H28N6OS/c1-15-21(32-20(27-15)12-16-6-4-3-5-7-16)24(31)30-11-9-18-19(14-30)28-22(29-23(18)25-2)17-8-10-26-13-17/h3-7,17,26H,8-14H2,1-2H3,(H,25,28,29). The predicted octanol–water partition coefficient (Wildman–Crippen LogP) is 3.15. The summed E-state index contributed by atoms with van der Waals surface area (Å²) in [6.07, 6.45) is 2.56. The van der Waals surface area contributed by atoms with Gasteiger partial charge in [-0.3, -0.25) is 4.79 Å². The molecule has 1 aromatic carbocycles. The number of aryl methyl sites for hydroxylation is 1. The summed E-state index contributed by atoms with van der Waals surface area (Å²) >= 11 is 1.51. The smallest absolute Gasteiger partial charge is 0.266 e. The Morgan fingerprint density at radius 1 is 1.25 bits per heavy atom. The SMILES string of the molecule is CNc1nc(C2CCNC2)nc2c1CCN(C(=O)c1sc(Cc3ccccc3)nc1C)C2. The molecular weight excluding hydrogens is 420 g/mol. The van der Waals surface area contributed by atoms with Gasteiger partial charge in [-0.05, 0) is 31.9 Å². The second kappa shape index (κ2) is 8.96. The van der Waals surface area contributed by atoms with E-state index in [1.807, 2.05) is 37.1 Å². The van der Waals surface area contributed by atoms with E-state index in [-0.39, 0.29) is 5.91 Å². The topological polar surface area (TPSA) is 83.0 Å². The Balaban J connectivity index is 1.37. The molecule has 0 saturated carbocycles. The van der Waals surface area contributed by atoms with Gasteiger partial charge in [0.2, 0.25) is 0 Å². The molecule has 0 radical (unpaired) electrons. The highest BCUT2D eigenvalue weighted by atomic mass is 32.1. The van der Waals surface area contributed by atoms with Crippen LogP contribution in [0.15, 0.2) is 30.3 Å². The minimum atomic E-state index is 0.0543. The number of thiazole rings is 1. The zero-order valence-corrected chi connectivity index (χ0v) is 19.3. The van der Waals surface area contributed by atoms with Crippen LogP contribution in [0.25, 0.3) is 0 Å². The van der Waals surface area contributed by atoms with Gasteiger partial charge in [0, 0.05) is 38.0 Å². The molecule has 1 unspecified atom stereocenters. The molecule has 2 N–H and O–H groups in total. The van der Waals surface area contributed by atoms with E-state index >= 15 is 0 Å². The average molecular weight is 449 g/mol. The average Bonchev–Trinajstić information content (AvgIpc) is 3.48. The Bertz CT molecular complexity index is 1120. The summed E-state index contributed by atoms with van der Waals surface area (Å²) in [7, 11) is 1.91. The second-order valence-corrected chi connectivity index (χ2v) is 9.54. The maximum Gasteiger partial charge on any atom is 0.266 e. The van der Waals surface area contributed by atoms with Crippen molar-refractivity contribution in [1.82, 2.24) is 25.2 Å². The molecule has 0 bridgehead atoms. The molecule has 7 nitrogen and oxygen atoms in total. The summed E-state index contributed by atoms with van der Waals surface area (Å²) in [5.41, 5.74) is 4.13. The summed E-state index contributed by atoms with van der Waals surface area (Å²) < 4.78 is 0. The van der Waals surface area contributed by atoms with Crippen molar-refractivity contribution in [1.29, 1.82) is 0 Å². The zero-order chi connectivity index (χ0) is 22.1. The van der Waals surface area contributed by atoms with E-state index in [1.165, 1.54) is 16.9 Å². The number of benzene rings is 1. The number of nitrogens with zero attached hydrogens (tertiary/aromatic N) is 4. The van der Waals surface area contributed by atoms with Crippen LogP contribution in [0.4, 0.5) is 5.82 Å². The number of fused-ring (bicyclic) bond motifs is 1. The van der Waals surface area contributed by atoms with Crippen LogP contribution in [0.1, 0.15) is 55.4 Å². The summed E-state index contributed by atoms with van der Waals surface area (Å²) in [6.45, 7) is 5.03. The first-order valence-electron chi connectivity index (χ1n) is 11.2. The summed E-state index contributed by atoms with van der Waals surface area (Å²) in [6, 6.07) is 10.3. The molecular formula is C24H28N6OS. The zero-order valence-electron chi connectivity index (χ0n) is 18.5. The Kier molecular flexibility index (Phi) is 5.89. The number of aromatic nitrogens is 3. The summed E-state index contributed by atoms with van der Waals surface area (Å²) in [5.74, 6) is 2.18. The van der Waals surface area contributed by atoms with E-state index in [9.17, 15) is 4.79 Å². The minimum absolute atomic E-state index is 0.0543. The van der Waals surface area contributed by atoms with Gasteiger partial charge in [0.05, 0.1) is 22.9 Å². The van der Waals surface area contributed by atoms with Gasteiger partial charge in [-0.2, -0.15) is 0 Å². The predicted molar refractivity (Wildman–Crippen MR) is 126 cm³/mol. The van der Waals surface area contributed by atoms with Crippen molar-refractivity contribution in [2.24, 2.45) is 0 Å². The van der Waals surface area contributed by atoms with E-state index < -0.39 is 0 Å². The van der Waals surface area contributed by atoms with Crippen LogP contribution in [0.3, 0.4) is 0 Å². The van der Waals surface area contributed by atoms with Crippen LogP contribution in [-0.2, 0) is 19.4 Å². The molecule has 5 rings (SSSR count). The Morgan fingerprint density at radius 2 is 2.09 bits per heavy atom. The highest BCUT2D eigenvalue weighted by molar-refractivity contribution is 7.13. The van der Waals surface area contributed by atoms with Crippen LogP contribution in [0.2, 0.25) is 0 Å². The summed E-state index contributed by atoms with van der Waals surface area (Å²) in [5, 5.41) is 7.62. The monoisotopic (exact) mass is 448 g/mol. The number of anilines is 1. The second-order valence-electron chi connectivity index (χ2n) is 8.46. The van der Waals surface area contributed by atoms with E-state index in [0.717, 1.165) is 70.8 Å². The maximum atomic E-state index is 13.4. The van der Waals surface area contributed by atoms with E-state index in [1.54, 1.807) is 0 Å². The first kappa shape index (κ1) is 21.0. The van der Waals surface area contributed by atoms with Gasteiger partial charge in [0.25, 0.3) is 5.91 Å². The Labute approximate surface area is 192 Å². The molecule has 2 aliphatic heterocycles. The molecule has 166 valence electrons. The third-order valence-corrected chi connectivity index (χ3v) is 7.41. The molecule has 2 aliphatic rings. The van der Waals surface area contributed by atoms with Crippen molar-refractivity contribution in [3.05, 3.63) is 68.6 Å². The highest BCUT2D eigenvalue weighted by Gasteiger charge is 2.29. The molecule has 1 atom stereocenters. The number of rotatable bonds is 5. The molecule has 0 spiro atoms. The van der Waals surface area contributed by atoms with E-state index in [2.05, 4.69) is 27.8 Å². The third-order valence-electron chi connectivity index (χ3n) is 6.27. The fraction of sp³-hybridized carbons (Fsp3) is 0.417. The van der Waals surface area contributed by atoms with Gasteiger partial charge < -0.3 is 15.5 Å². The quantitative estimate of drug-likeness (QED) is 0.624. The Hall–Kier alpha value is -2.84. The van der Waals surface area contributed by atoms with Crippen molar-refractivity contribution in [3.8, 4) is 0 Å². The maximum absolute atomic E-state index is 13.4. The van der Waals surface area contributed by atoms with Gasteiger partial charge in [-0.15, -0.1) is 11.3 Å². The largest absolute Gasteiger partial charge is 0.373 e. The van der Waals surface area contributed by atoms with E-state index in [4.69, 9.17) is 9.97 Å². The lowest BCUT2D eigenvalue weighted by molar-refractivity contribution is 0.0735. The lowest BCUT2D eigenvalue weighted by Crippen LogP contribution is -2.37. The number of carbonyl (C=O) groups excluding carboxylic acids is 1. The van der Waals surface area contributed by atoms with Crippen molar-refractivity contribution >= 4 is 23.1 Å². The van der Waals surface area contributed by atoms with Gasteiger partial charge in [0.15, 0.2) is 0 Å². The van der Waals surface area contributed by atoms with Crippen LogP contribution in [-0.4, -0.2) is 52.4 Å². The van der Waals surface area contributed by atoms with Crippen molar-refractivity contribution < 1.29 is 4.79 Å². The van der Waals surface area contributed by atoms with E-state index in [0.29, 0.717) is 19.0 Å². The molecule has 1 saturated heterocycles. The fourth-order valence-electron chi connectivity index (χ4n) is 4.53. The van der Waals surface area contributed by atoms with Crippen LogP contribution >= 0.6 is 11.3 Å². The normalized spacial score (nSPS) is 17.9. The van der Waals surface area contributed by atoms with Gasteiger partial charge in [-0.25, -0.2) is 15.0 Å². The van der Waals surface area contributed by atoms with Crippen molar-refractivity contribution in [2.45, 2.75) is 38.6 Å². The van der Waals surface area contributed by atoms with Gasteiger partial charge in [0.1, 0.15) is 16.5 Å². The molecule has 32 heavy (non-hydrogen) atoms. The number of hydrogen-bond donors (Lipinski definition) is 2. The highest BCUT2D eigenvalue weighted by Crippen LogP contribution is 2.30. The minimum Gasteiger partial charge on any atom is -0.373 e. The van der Waals surface area contributed by atoms with Gasteiger partial charge in [-0.1, -0.05) is 30.3 Å². The first-order chi connectivity index (χ1) is 15.6. The number of nitrogens with one attached hydrogen (secondary N) is 2. The van der Waals surface area contributed by atoms with Crippen LogP contribution < -0.4 is 10.6 Å². The van der Waals surface area contributed by atoms with Crippen molar-refractivity contribution in [2.75, 3.05) is 32.0 Å². The summed E-state index contributed by atoms with van der Waals surface area (Å²) in [4.78, 5) is 30.5. The van der Waals surface area contributed by atoms with Gasteiger partial charge >= 0.3 is 0 Å². The molecule has 1 amide bonds. The third kappa shape index (κ3) is 4.12. The fourth-order valence-corrected chi connectivity index (χ4v) is 5.59. The van der Waals surface area contributed by atoms with Crippen molar-refractivity contribution in [3.63, 3.8) is 0 Å². The molecule has 4 heterocycles. The molecule has 8 heteroatoms. The van der Waals surface area contributed by atoms with Crippen LogP contribution in [0, 0.1) is 6.92 Å². The molecule has 3 aromatic rings. The lowest BCUT2D eigenvalue weighted by atomic mass is 10.0. The first-order valence-corrected chi connectivity index (χ1v) is 12.0. The lowest BCUT2D eigenvalue weighted by Gasteiger charge is -2.29. The number of hydrogen-bond acceptors (Lipinski definition) is 7. The molecule has 0 aliphatic carbocycles. The number of carbonyl (C=O) groups is 1. The molecule has 2 aromatic heterocycles. The Morgan fingerprint density at radius 3 is 2.84 bits per heavy atom. The number of amides is 1. The van der Waals surface area contributed by atoms with Crippen LogP contribution in [0.5, 0.6) is 0 Å².